The Kier molecular flexibility index (Phi) is 3.01. The summed E-state index contributed by atoms with van der Waals surface area (Å²) in [5, 5.41) is 3.53. The van der Waals surface area contributed by atoms with Crippen LogP contribution >= 0.6 is 11.3 Å². The van der Waals surface area contributed by atoms with E-state index in [1.807, 2.05) is 11.3 Å². The smallest absolute Gasteiger partial charge is 0.0416 e. The van der Waals surface area contributed by atoms with Gasteiger partial charge in [0.1, 0.15) is 0 Å². The van der Waals surface area contributed by atoms with E-state index in [-0.39, 0.29) is 0 Å². The molecule has 0 amide bonds. The van der Waals surface area contributed by atoms with Gasteiger partial charge in [-0.15, -0.1) is 11.3 Å². The van der Waals surface area contributed by atoms with Crippen molar-refractivity contribution in [2.45, 2.75) is 32.9 Å². The minimum atomic E-state index is 0.592. The van der Waals surface area contributed by atoms with Gasteiger partial charge < -0.3 is 5.32 Å². The first kappa shape index (κ1) is 11.7. The monoisotopic (exact) mass is 250 g/mol. The molecule has 1 aromatic heterocycles. The fourth-order valence-corrected chi connectivity index (χ4v) is 4.50. The maximum Gasteiger partial charge on any atom is 0.0416 e. The molecule has 3 heteroatoms. The Morgan fingerprint density at radius 2 is 2.24 bits per heavy atom. The summed E-state index contributed by atoms with van der Waals surface area (Å²) in [6.45, 7) is 10.7. The highest BCUT2D eigenvalue weighted by atomic mass is 32.1. The molecule has 0 aromatic carbocycles. The Bertz CT molecular complexity index is 401. The van der Waals surface area contributed by atoms with E-state index in [0.29, 0.717) is 6.04 Å². The molecule has 0 spiro atoms. The van der Waals surface area contributed by atoms with Gasteiger partial charge in [-0.2, -0.15) is 0 Å². The predicted molar refractivity (Wildman–Crippen MR) is 73.5 cm³/mol. The van der Waals surface area contributed by atoms with Crippen LogP contribution in [-0.4, -0.2) is 30.6 Å². The highest BCUT2D eigenvalue weighted by molar-refractivity contribution is 7.12. The Labute approximate surface area is 108 Å². The third-order valence-electron chi connectivity index (χ3n) is 4.65. The number of hydrogen-bond acceptors (Lipinski definition) is 3. The molecule has 0 aliphatic carbocycles. The molecule has 3 rings (SSSR count). The fourth-order valence-electron chi connectivity index (χ4n) is 3.55. The van der Waals surface area contributed by atoms with E-state index < -0.39 is 0 Å². The molecule has 0 radical (unpaired) electrons. The van der Waals surface area contributed by atoms with Crippen LogP contribution in [0.15, 0.2) is 12.1 Å². The lowest BCUT2D eigenvalue weighted by Gasteiger charge is -2.30. The molecule has 2 aliphatic rings. The largest absolute Gasteiger partial charge is 0.316 e. The molecule has 1 aromatic rings. The van der Waals surface area contributed by atoms with Crippen LogP contribution in [0, 0.1) is 18.8 Å². The van der Waals surface area contributed by atoms with E-state index in [9.17, 15) is 0 Å². The van der Waals surface area contributed by atoms with E-state index in [1.54, 1.807) is 0 Å². The third-order valence-corrected chi connectivity index (χ3v) is 5.82. The number of nitrogens with zero attached hydrogens (tertiary/aromatic N) is 1. The summed E-state index contributed by atoms with van der Waals surface area (Å²) in [7, 11) is 0. The minimum Gasteiger partial charge on any atom is -0.316 e. The second kappa shape index (κ2) is 4.38. The molecule has 2 fully saturated rings. The van der Waals surface area contributed by atoms with E-state index >= 15 is 0 Å². The number of nitrogens with one attached hydrogen (secondary N) is 1. The van der Waals surface area contributed by atoms with Gasteiger partial charge in [0.2, 0.25) is 0 Å². The van der Waals surface area contributed by atoms with Crippen molar-refractivity contribution in [3.05, 3.63) is 21.9 Å². The van der Waals surface area contributed by atoms with Crippen LogP contribution in [0.4, 0.5) is 0 Å². The number of aryl methyl sites for hydroxylation is 1. The van der Waals surface area contributed by atoms with E-state index in [0.717, 1.165) is 17.9 Å². The molecular weight excluding hydrogens is 228 g/mol. The van der Waals surface area contributed by atoms with Crippen molar-refractivity contribution in [2.24, 2.45) is 11.8 Å². The Morgan fingerprint density at radius 3 is 2.88 bits per heavy atom. The zero-order valence-electron chi connectivity index (χ0n) is 10.9. The minimum absolute atomic E-state index is 0.592. The molecule has 2 nitrogen and oxygen atoms in total. The molecule has 94 valence electrons. The zero-order valence-corrected chi connectivity index (χ0v) is 11.8. The molecule has 1 N–H and O–H groups in total. The number of fused-ring (bicyclic) bond motifs is 1. The quantitative estimate of drug-likeness (QED) is 0.868. The van der Waals surface area contributed by atoms with Crippen LogP contribution in [0.3, 0.4) is 0 Å². The summed E-state index contributed by atoms with van der Waals surface area (Å²) in [6, 6.07) is 5.88. The highest BCUT2D eigenvalue weighted by Crippen LogP contribution is 2.39. The van der Waals surface area contributed by atoms with Crippen LogP contribution in [-0.2, 0) is 0 Å². The van der Waals surface area contributed by atoms with Gasteiger partial charge in [-0.05, 0) is 57.8 Å². The Morgan fingerprint density at radius 1 is 1.41 bits per heavy atom. The van der Waals surface area contributed by atoms with E-state index in [1.165, 1.54) is 29.4 Å². The summed E-state index contributed by atoms with van der Waals surface area (Å²) in [4.78, 5) is 5.67. The van der Waals surface area contributed by atoms with Gasteiger partial charge in [0.05, 0.1) is 0 Å². The van der Waals surface area contributed by atoms with Crippen LogP contribution < -0.4 is 5.32 Å². The summed E-state index contributed by atoms with van der Waals surface area (Å²) in [6.07, 6.45) is 0. The Hall–Kier alpha value is -0.380. The second-order valence-electron chi connectivity index (χ2n) is 5.64. The van der Waals surface area contributed by atoms with Crippen LogP contribution in [0.25, 0.3) is 0 Å². The van der Waals surface area contributed by atoms with Crippen molar-refractivity contribution in [1.82, 2.24) is 10.2 Å². The summed E-state index contributed by atoms with van der Waals surface area (Å²) < 4.78 is 0. The van der Waals surface area contributed by atoms with Crippen molar-refractivity contribution < 1.29 is 0 Å². The summed E-state index contributed by atoms with van der Waals surface area (Å²) >= 11 is 1.96. The maximum absolute atomic E-state index is 3.53. The summed E-state index contributed by atoms with van der Waals surface area (Å²) in [5.74, 6) is 1.76. The van der Waals surface area contributed by atoms with E-state index in [4.69, 9.17) is 0 Å². The molecule has 0 bridgehead atoms. The van der Waals surface area contributed by atoms with Crippen LogP contribution in [0.1, 0.15) is 29.6 Å². The van der Waals surface area contributed by atoms with Crippen LogP contribution in [0.5, 0.6) is 0 Å². The van der Waals surface area contributed by atoms with Crippen molar-refractivity contribution in [3.63, 3.8) is 0 Å². The number of rotatable bonds is 2. The number of likely N-dealkylation sites (tertiary alicyclic amines) is 1. The van der Waals surface area contributed by atoms with Crippen molar-refractivity contribution >= 4 is 11.3 Å². The molecule has 2 aliphatic heterocycles. The highest BCUT2D eigenvalue weighted by Gasteiger charge is 2.43. The van der Waals surface area contributed by atoms with Crippen molar-refractivity contribution in [1.29, 1.82) is 0 Å². The molecule has 0 saturated carbocycles. The topological polar surface area (TPSA) is 15.3 Å². The lowest BCUT2D eigenvalue weighted by Crippen LogP contribution is -2.34. The molecular formula is C14H22N2S. The number of hydrogen-bond donors (Lipinski definition) is 1. The molecule has 3 heterocycles. The average molecular weight is 250 g/mol. The Balaban J connectivity index is 1.77. The first-order valence-corrected chi connectivity index (χ1v) is 7.51. The first-order valence-electron chi connectivity index (χ1n) is 6.69. The fraction of sp³-hybridized carbons (Fsp3) is 0.714. The first-order chi connectivity index (χ1) is 8.16. The lowest BCUT2D eigenvalue weighted by atomic mass is 9.95. The number of thiophene rings is 1. The zero-order chi connectivity index (χ0) is 12.0. The normalized spacial score (nSPS) is 35.1. The van der Waals surface area contributed by atoms with Gasteiger partial charge in [-0.1, -0.05) is 0 Å². The molecule has 2 saturated heterocycles. The standard InChI is InChI=1S/C14H22N2S/c1-9-4-5-14(17-9)11(3)16-8-12-6-15-7-13(12)10(16)2/h4-5,10-13,15H,6-8H2,1-3H3. The SMILES string of the molecule is Cc1ccc(C(C)N2CC3CNCC3C2C)s1. The average Bonchev–Trinajstić information content (AvgIpc) is 2.96. The van der Waals surface area contributed by atoms with Crippen molar-refractivity contribution in [3.8, 4) is 0 Å². The van der Waals surface area contributed by atoms with Gasteiger partial charge in [0, 0.05) is 28.4 Å². The third kappa shape index (κ3) is 1.94. The van der Waals surface area contributed by atoms with Crippen LogP contribution in [0.2, 0.25) is 0 Å². The van der Waals surface area contributed by atoms with Gasteiger partial charge in [0.15, 0.2) is 0 Å². The molecule has 17 heavy (non-hydrogen) atoms. The maximum atomic E-state index is 3.53. The van der Waals surface area contributed by atoms with Gasteiger partial charge >= 0.3 is 0 Å². The molecule has 4 unspecified atom stereocenters. The van der Waals surface area contributed by atoms with Gasteiger partial charge in [-0.3, -0.25) is 4.90 Å². The van der Waals surface area contributed by atoms with Gasteiger partial charge in [-0.25, -0.2) is 0 Å². The molecule has 4 atom stereocenters. The second-order valence-corrected chi connectivity index (χ2v) is 6.96. The van der Waals surface area contributed by atoms with Gasteiger partial charge in [0.25, 0.3) is 0 Å². The lowest BCUT2D eigenvalue weighted by molar-refractivity contribution is 0.185. The summed E-state index contributed by atoms with van der Waals surface area (Å²) in [5.41, 5.74) is 0. The predicted octanol–water partition coefficient (Wildman–Crippen LogP) is 2.66. The van der Waals surface area contributed by atoms with E-state index in [2.05, 4.69) is 43.1 Å². The van der Waals surface area contributed by atoms with Crippen molar-refractivity contribution in [2.75, 3.05) is 19.6 Å².